The highest BCUT2D eigenvalue weighted by Crippen LogP contribution is 2.26. The maximum absolute atomic E-state index is 5.64. The number of ether oxygens (including phenoxy) is 1. The number of aryl methyl sites for hydroxylation is 1. The molecule has 3 nitrogen and oxygen atoms in total. The molecule has 2 rings (SSSR count). The van der Waals surface area contributed by atoms with Gasteiger partial charge in [0.15, 0.2) is 0 Å². The molecular formula is C18H24N2O. The van der Waals surface area contributed by atoms with Crippen molar-refractivity contribution < 1.29 is 4.74 Å². The number of rotatable bonds is 7. The first-order valence-corrected chi connectivity index (χ1v) is 7.63. The fourth-order valence-corrected chi connectivity index (χ4v) is 2.49. The minimum absolute atomic E-state index is 0.183. The van der Waals surface area contributed by atoms with Crippen LogP contribution in [0, 0.1) is 0 Å². The van der Waals surface area contributed by atoms with Crippen LogP contribution in [0.5, 0.6) is 5.75 Å². The van der Waals surface area contributed by atoms with Crippen LogP contribution in [-0.4, -0.2) is 18.6 Å². The minimum atomic E-state index is 0.183. The lowest BCUT2D eigenvalue weighted by molar-refractivity contribution is 0.317. The Bertz CT molecular complexity index is 551. The van der Waals surface area contributed by atoms with Crippen molar-refractivity contribution in [2.75, 3.05) is 13.7 Å². The molecule has 112 valence electrons. The van der Waals surface area contributed by atoms with Gasteiger partial charge >= 0.3 is 0 Å². The maximum Gasteiger partial charge on any atom is 0.119 e. The van der Waals surface area contributed by atoms with Gasteiger partial charge in [-0.05, 0) is 54.8 Å². The molecule has 0 amide bonds. The summed E-state index contributed by atoms with van der Waals surface area (Å²) in [5.41, 5.74) is 3.81. The molecule has 21 heavy (non-hydrogen) atoms. The number of hydrogen-bond acceptors (Lipinski definition) is 3. The van der Waals surface area contributed by atoms with Crippen molar-refractivity contribution in [1.82, 2.24) is 10.3 Å². The highest BCUT2D eigenvalue weighted by atomic mass is 16.5. The maximum atomic E-state index is 5.64. The average molecular weight is 284 g/mol. The first-order chi connectivity index (χ1) is 10.3. The highest BCUT2D eigenvalue weighted by Gasteiger charge is 2.15. The summed E-state index contributed by atoms with van der Waals surface area (Å²) in [5.74, 6) is 0.931. The Morgan fingerprint density at radius 1 is 1.14 bits per heavy atom. The molecule has 0 saturated heterocycles. The van der Waals surface area contributed by atoms with Crippen LogP contribution in [0.4, 0.5) is 0 Å². The molecule has 1 unspecified atom stereocenters. The molecule has 0 aliphatic heterocycles. The fourth-order valence-electron chi connectivity index (χ4n) is 2.49. The zero-order valence-corrected chi connectivity index (χ0v) is 13.1. The summed E-state index contributed by atoms with van der Waals surface area (Å²) in [6, 6.07) is 10.6. The first kappa shape index (κ1) is 15.5. The SMILES string of the molecule is CCCOc1ccc(C(NC)c2ccncc2CC)cc1. The van der Waals surface area contributed by atoms with E-state index < -0.39 is 0 Å². The van der Waals surface area contributed by atoms with Crippen LogP contribution in [0.3, 0.4) is 0 Å². The molecular weight excluding hydrogens is 260 g/mol. The van der Waals surface area contributed by atoms with Crippen LogP contribution < -0.4 is 10.1 Å². The molecule has 1 atom stereocenters. The lowest BCUT2D eigenvalue weighted by atomic mass is 9.95. The Labute approximate surface area is 127 Å². The van der Waals surface area contributed by atoms with E-state index in [4.69, 9.17) is 4.74 Å². The number of hydrogen-bond donors (Lipinski definition) is 1. The third kappa shape index (κ3) is 3.82. The smallest absolute Gasteiger partial charge is 0.119 e. The van der Waals surface area contributed by atoms with Gasteiger partial charge in [0.2, 0.25) is 0 Å². The molecule has 0 bridgehead atoms. The first-order valence-electron chi connectivity index (χ1n) is 7.63. The molecule has 0 spiro atoms. The van der Waals surface area contributed by atoms with Gasteiger partial charge in [0, 0.05) is 12.4 Å². The van der Waals surface area contributed by atoms with Crippen LogP contribution in [0.2, 0.25) is 0 Å². The summed E-state index contributed by atoms with van der Waals surface area (Å²) >= 11 is 0. The Kier molecular flexibility index (Phi) is 5.76. The minimum Gasteiger partial charge on any atom is -0.494 e. The Hall–Kier alpha value is -1.87. The van der Waals surface area contributed by atoms with E-state index >= 15 is 0 Å². The van der Waals surface area contributed by atoms with Gasteiger partial charge in [0.25, 0.3) is 0 Å². The highest BCUT2D eigenvalue weighted by molar-refractivity contribution is 5.38. The second kappa shape index (κ2) is 7.79. The lowest BCUT2D eigenvalue weighted by Gasteiger charge is -2.20. The topological polar surface area (TPSA) is 34.1 Å². The largest absolute Gasteiger partial charge is 0.494 e. The molecule has 1 heterocycles. The third-order valence-electron chi connectivity index (χ3n) is 3.61. The third-order valence-corrected chi connectivity index (χ3v) is 3.61. The number of nitrogens with zero attached hydrogens (tertiary/aromatic N) is 1. The van der Waals surface area contributed by atoms with E-state index in [2.05, 4.69) is 42.3 Å². The second-order valence-electron chi connectivity index (χ2n) is 5.07. The van der Waals surface area contributed by atoms with Crippen LogP contribution >= 0.6 is 0 Å². The van der Waals surface area contributed by atoms with Gasteiger partial charge in [-0.3, -0.25) is 4.98 Å². The summed E-state index contributed by atoms with van der Waals surface area (Å²) in [4.78, 5) is 4.23. The van der Waals surface area contributed by atoms with Crippen LogP contribution in [0.15, 0.2) is 42.7 Å². The van der Waals surface area contributed by atoms with Gasteiger partial charge in [-0.1, -0.05) is 26.0 Å². The number of benzene rings is 1. The molecule has 0 aliphatic rings. The van der Waals surface area contributed by atoms with E-state index in [1.54, 1.807) is 0 Å². The van der Waals surface area contributed by atoms with Gasteiger partial charge in [-0.2, -0.15) is 0 Å². The van der Waals surface area contributed by atoms with E-state index in [0.29, 0.717) is 0 Å². The van der Waals surface area contributed by atoms with Crippen molar-refractivity contribution >= 4 is 0 Å². The van der Waals surface area contributed by atoms with Gasteiger partial charge in [0.05, 0.1) is 12.6 Å². The van der Waals surface area contributed by atoms with E-state index in [9.17, 15) is 0 Å². The molecule has 0 aliphatic carbocycles. The molecule has 3 heteroatoms. The van der Waals surface area contributed by atoms with Crippen LogP contribution in [-0.2, 0) is 6.42 Å². The van der Waals surface area contributed by atoms with E-state index in [0.717, 1.165) is 25.2 Å². The van der Waals surface area contributed by atoms with Gasteiger partial charge in [-0.15, -0.1) is 0 Å². The average Bonchev–Trinajstić information content (AvgIpc) is 2.55. The summed E-state index contributed by atoms with van der Waals surface area (Å²) in [6.45, 7) is 5.04. The number of aromatic nitrogens is 1. The Morgan fingerprint density at radius 2 is 1.90 bits per heavy atom. The summed E-state index contributed by atoms with van der Waals surface area (Å²) in [7, 11) is 1.99. The molecule has 2 aromatic rings. The van der Waals surface area contributed by atoms with Crippen molar-refractivity contribution in [1.29, 1.82) is 0 Å². The predicted molar refractivity (Wildman–Crippen MR) is 86.7 cm³/mol. The fraction of sp³-hybridized carbons (Fsp3) is 0.389. The molecule has 1 aromatic heterocycles. The molecule has 1 aromatic carbocycles. The van der Waals surface area contributed by atoms with Gasteiger partial charge in [-0.25, -0.2) is 0 Å². The molecule has 0 fully saturated rings. The van der Waals surface area contributed by atoms with Crippen molar-refractivity contribution in [3.8, 4) is 5.75 Å². The summed E-state index contributed by atoms with van der Waals surface area (Å²) in [5, 5.41) is 3.40. The molecule has 1 N–H and O–H groups in total. The van der Waals surface area contributed by atoms with E-state index in [-0.39, 0.29) is 6.04 Å². The molecule has 0 saturated carbocycles. The summed E-state index contributed by atoms with van der Waals surface area (Å²) in [6.07, 6.45) is 5.83. The van der Waals surface area contributed by atoms with Crippen molar-refractivity contribution in [2.24, 2.45) is 0 Å². The molecule has 0 radical (unpaired) electrons. The van der Waals surface area contributed by atoms with Crippen molar-refractivity contribution in [3.05, 3.63) is 59.4 Å². The Balaban J connectivity index is 2.24. The number of pyridine rings is 1. The van der Waals surface area contributed by atoms with Crippen molar-refractivity contribution in [2.45, 2.75) is 32.7 Å². The van der Waals surface area contributed by atoms with E-state index in [1.165, 1.54) is 16.7 Å². The van der Waals surface area contributed by atoms with Gasteiger partial charge < -0.3 is 10.1 Å². The standard InChI is InChI=1S/C18H24N2O/c1-4-12-21-16-8-6-15(7-9-16)18(19-3)17-10-11-20-13-14(17)5-2/h6-11,13,18-19H,4-5,12H2,1-3H3. The Morgan fingerprint density at radius 3 is 2.52 bits per heavy atom. The lowest BCUT2D eigenvalue weighted by Crippen LogP contribution is -2.19. The normalized spacial score (nSPS) is 12.1. The quantitative estimate of drug-likeness (QED) is 0.841. The zero-order chi connectivity index (χ0) is 15.1. The monoisotopic (exact) mass is 284 g/mol. The number of nitrogens with one attached hydrogen (secondary N) is 1. The van der Waals surface area contributed by atoms with Crippen LogP contribution in [0.1, 0.15) is 43.0 Å². The predicted octanol–water partition coefficient (Wildman–Crippen LogP) is 3.74. The van der Waals surface area contributed by atoms with E-state index in [1.807, 2.05) is 31.6 Å². The second-order valence-corrected chi connectivity index (χ2v) is 5.07. The van der Waals surface area contributed by atoms with Crippen LogP contribution in [0.25, 0.3) is 0 Å². The van der Waals surface area contributed by atoms with Gasteiger partial charge in [0.1, 0.15) is 5.75 Å². The van der Waals surface area contributed by atoms with Crippen molar-refractivity contribution in [3.63, 3.8) is 0 Å². The zero-order valence-electron chi connectivity index (χ0n) is 13.1. The summed E-state index contributed by atoms with van der Waals surface area (Å²) < 4.78 is 5.64.